The first-order valence-corrected chi connectivity index (χ1v) is 15.0. The molecule has 4 rings (SSSR count). The number of hydrogen-bond donors (Lipinski definition) is 2. The summed E-state index contributed by atoms with van der Waals surface area (Å²) in [7, 11) is 0. The smallest absolute Gasteiger partial charge is 0.416 e. The van der Waals surface area contributed by atoms with Crippen LogP contribution in [0.1, 0.15) is 75.9 Å². The van der Waals surface area contributed by atoms with E-state index in [-0.39, 0.29) is 35.7 Å². The van der Waals surface area contributed by atoms with Crippen LogP contribution in [0.2, 0.25) is 5.02 Å². The lowest BCUT2D eigenvalue weighted by Gasteiger charge is -2.40. The molecule has 2 atom stereocenters. The summed E-state index contributed by atoms with van der Waals surface area (Å²) in [6.45, 7) is 0.617. The lowest BCUT2D eigenvalue weighted by Crippen LogP contribution is -2.47. The van der Waals surface area contributed by atoms with Gasteiger partial charge in [0.1, 0.15) is 5.75 Å². The number of carbonyl (C=O) groups is 2. The molecule has 1 saturated heterocycles. The zero-order valence-electron chi connectivity index (χ0n) is 24.2. The molecule has 0 aliphatic carbocycles. The zero-order chi connectivity index (χ0) is 32.8. The summed E-state index contributed by atoms with van der Waals surface area (Å²) in [6, 6.07) is 13.7. The second-order valence-corrected chi connectivity index (χ2v) is 11.7. The normalized spacial score (nSPS) is 17.3. The molecule has 12 heteroatoms. The van der Waals surface area contributed by atoms with Gasteiger partial charge in [0.25, 0.3) is 11.8 Å². The Morgan fingerprint density at radius 1 is 0.889 bits per heavy atom. The van der Waals surface area contributed by atoms with Crippen molar-refractivity contribution in [3.63, 3.8) is 0 Å². The van der Waals surface area contributed by atoms with Crippen molar-refractivity contribution in [2.75, 3.05) is 13.1 Å². The molecule has 0 bridgehead atoms. The number of amides is 2. The Bertz CT molecular complexity index is 1440. The summed E-state index contributed by atoms with van der Waals surface area (Å²) in [5.74, 6) is -1.14. The van der Waals surface area contributed by atoms with E-state index in [0.717, 1.165) is 24.8 Å². The van der Waals surface area contributed by atoms with E-state index in [2.05, 4.69) is 5.32 Å². The van der Waals surface area contributed by atoms with Gasteiger partial charge in [0.05, 0.1) is 16.7 Å². The number of nitrogens with one attached hydrogen (secondary N) is 1. The minimum absolute atomic E-state index is 0.0190. The lowest BCUT2D eigenvalue weighted by molar-refractivity contribution is -0.143. The summed E-state index contributed by atoms with van der Waals surface area (Å²) >= 11 is 6.01. The van der Waals surface area contributed by atoms with Crippen molar-refractivity contribution in [2.24, 2.45) is 5.92 Å². The van der Waals surface area contributed by atoms with E-state index < -0.39 is 41.0 Å². The molecule has 0 radical (unpaired) electrons. The molecule has 1 aliphatic rings. The highest BCUT2D eigenvalue weighted by Crippen LogP contribution is 2.37. The highest BCUT2D eigenvalue weighted by atomic mass is 35.5. The Balaban J connectivity index is 1.41. The molecule has 242 valence electrons. The summed E-state index contributed by atoms with van der Waals surface area (Å²) in [6.07, 6.45) is -5.50. The van der Waals surface area contributed by atoms with Crippen LogP contribution in [-0.4, -0.2) is 41.0 Å². The number of phenolic OH excluding ortho intramolecular Hbond substituents is 1. The number of halogens is 7. The molecule has 0 spiro atoms. The van der Waals surface area contributed by atoms with Crippen molar-refractivity contribution >= 4 is 23.4 Å². The first-order chi connectivity index (χ1) is 21.2. The van der Waals surface area contributed by atoms with E-state index in [0.29, 0.717) is 49.4 Å². The fraction of sp³-hybridized carbons (Fsp3) is 0.394. The van der Waals surface area contributed by atoms with E-state index >= 15 is 0 Å². The topological polar surface area (TPSA) is 69.6 Å². The summed E-state index contributed by atoms with van der Waals surface area (Å²) in [5.41, 5.74) is -2.67. The fourth-order valence-electron chi connectivity index (χ4n) is 5.69. The van der Waals surface area contributed by atoms with Crippen LogP contribution in [0.15, 0.2) is 66.7 Å². The molecule has 45 heavy (non-hydrogen) atoms. The number of carbonyl (C=O) groups excluding carboxylic acids is 2. The van der Waals surface area contributed by atoms with E-state index in [4.69, 9.17) is 11.6 Å². The van der Waals surface area contributed by atoms with Crippen molar-refractivity contribution in [2.45, 2.75) is 63.3 Å². The molecule has 5 nitrogen and oxygen atoms in total. The predicted octanol–water partition coefficient (Wildman–Crippen LogP) is 8.54. The average molecular weight is 655 g/mol. The predicted molar refractivity (Wildman–Crippen MR) is 158 cm³/mol. The maximum atomic E-state index is 13.6. The molecule has 3 aromatic rings. The molecular weight excluding hydrogens is 622 g/mol. The van der Waals surface area contributed by atoms with E-state index in [1.54, 1.807) is 36.4 Å². The Morgan fingerprint density at radius 3 is 2.16 bits per heavy atom. The number of para-hydroxylation sites is 1. The Morgan fingerprint density at radius 2 is 1.53 bits per heavy atom. The molecule has 0 saturated carbocycles. The van der Waals surface area contributed by atoms with Gasteiger partial charge in [-0.25, -0.2) is 0 Å². The third-order valence-electron chi connectivity index (χ3n) is 8.03. The average Bonchev–Trinajstić information content (AvgIpc) is 2.99. The van der Waals surface area contributed by atoms with Crippen molar-refractivity contribution in [3.8, 4) is 5.75 Å². The standard InChI is InChI=1S/C33H33ClF6N2O3/c34-26-11-9-22(10-12-26)17-27-16-21(6-2-1-5-14-41-30(44)28-7-3-4-8-29(28)43)13-15-42(27)31(45)23-18-24(32(35,36)37)20-25(19-23)33(38,39)40/h3-4,7-12,18-21,27,43H,1-2,5-6,13-17H2,(H,41,44). The van der Waals surface area contributed by atoms with Crippen molar-refractivity contribution in [1.82, 2.24) is 10.2 Å². The molecule has 1 aliphatic heterocycles. The highest BCUT2D eigenvalue weighted by Gasteiger charge is 2.39. The molecule has 1 heterocycles. The number of piperidine rings is 1. The number of alkyl halides is 6. The number of likely N-dealkylation sites (tertiary alicyclic amines) is 1. The van der Waals surface area contributed by atoms with Crippen LogP contribution >= 0.6 is 11.6 Å². The summed E-state index contributed by atoms with van der Waals surface area (Å²) in [4.78, 5) is 27.2. The number of hydrogen-bond acceptors (Lipinski definition) is 3. The molecule has 2 unspecified atom stereocenters. The van der Waals surface area contributed by atoms with Gasteiger partial charge in [0, 0.05) is 29.7 Å². The van der Waals surface area contributed by atoms with Crippen LogP contribution in [0.25, 0.3) is 0 Å². The van der Waals surface area contributed by atoms with Crippen molar-refractivity contribution in [1.29, 1.82) is 0 Å². The van der Waals surface area contributed by atoms with Crippen LogP contribution in [0.5, 0.6) is 5.75 Å². The largest absolute Gasteiger partial charge is 0.507 e. The van der Waals surface area contributed by atoms with Crippen molar-refractivity contribution in [3.05, 3.63) is 99.6 Å². The minimum Gasteiger partial charge on any atom is -0.507 e. The maximum absolute atomic E-state index is 13.6. The summed E-state index contributed by atoms with van der Waals surface area (Å²) < 4.78 is 80.9. The van der Waals surface area contributed by atoms with Gasteiger partial charge in [-0.2, -0.15) is 26.3 Å². The SMILES string of the molecule is O=C(NCCCCCC1CCN(C(=O)c2cc(C(F)(F)F)cc(C(F)(F)F)c2)C(Cc2ccc(Cl)cc2)C1)c1ccccc1O. The minimum atomic E-state index is -5.06. The van der Waals surface area contributed by atoms with Crippen LogP contribution in [-0.2, 0) is 18.8 Å². The lowest BCUT2D eigenvalue weighted by atomic mass is 9.84. The second-order valence-electron chi connectivity index (χ2n) is 11.3. The Kier molecular flexibility index (Phi) is 11.1. The van der Waals surface area contributed by atoms with Gasteiger partial charge in [-0.05, 0) is 79.6 Å². The zero-order valence-corrected chi connectivity index (χ0v) is 25.0. The van der Waals surface area contributed by atoms with E-state index in [1.807, 2.05) is 0 Å². The van der Waals surface area contributed by atoms with Crippen LogP contribution in [0, 0.1) is 5.92 Å². The molecule has 3 aromatic carbocycles. The second kappa shape index (κ2) is 14.6. The fourth-order valence-corrected chi connectivity index (χ4v) is 5.82. The molecule has 2 amide bonds. The number of unbranched alkanes of at least 4 members (excludes halogenated alkanes) is 2. The first-order valence-electron chi connectivity index (χ1n) is 14.6. The van der Waals surface area contributed by atoms with Crippen LogP contribution in [0.3, 0.4) is 0 Å². The summed E-state index contributed by atoms with van der Waals surface area (Å²) in [5, 5.41) is 13.1. The quantitative estimate of drug-likeness (QED) is 0.170. The van der Waals surface area contributed by atoms with Gasteiger partial charge < -0.3 is 15.3 Å². The molecular formula is C33H33ClF6N2O3. The van der Waals surface area contributed by atoms with E-state index in [1.165, 1.54) is 17.0 Å². The van der Waals surface area contributed by atoms with Gasteiger partial charge in [0.2, 0.25) is 0 Å². The monoisotopic (exact) mass is 654 g/mol. The number of phenols is 1. The van der Waals surface area contributed by atoms with Crippen LogP contribution < -0.4 is 5.32 Å². The number of aromatic hydroxyl groups is 1. The van der Waals surface area contributed by atoms with Crippen molar-refractivity contribution < 1.29 is 41.0 Å². The number of nitrogens with zero attached hydrogens (tertiary/aromatic N) is 1. The molecule has 2 N–H and O–H groups in total. The third kappa shape index (κ3) is 9.39. The molecule has 1 fully saturated rings. The number of rotatable bonds is 10. The van der Waals surface area contributed by atoms with Gasteiger partial charge in [-0.15, -0.1) is 0 Å². The third-order valence-corrected chi connectivity index (χ3v) is 8.28. The first kappa shape index (κ1) is 34.1. The Hall–Kier alpha value is -3.73. The highest BCUT2D eigenvalue weighted by molar-refractivity contribution is 6.30. The van der Waals surface area contributed by atoms with Gasteiger partial charge in [0.15, 0.2) is 0 Å². The van der Waals surface area contributed by atoms with E-state index in [9.17, 15) is 41.0 Å². The van der Waals surface area contributed by atoms with Gasteiger partial charge in [-0.3, -0.25) is 9.59 Å². The van der Waals surface area contributed by atoms with Crippen LogP contribution in [0.4, 0.5) is 26.3 Å². The Labute approximate surface area is 262 Å². The van der Waals surface area contributed by atoms with Gasteiger partial charge >= 0.3 is 12.4 Å². The molecule has 0 aromatic heterocycles. The maximum Gasteiger partial charge on any atom is 0.416 e. The number of benzene rings is 3. The van der Waals surface area contributed by atoms with Gasteiger partial charge in [-0.1, -0.05) is 55.1 Å².